The average Bonchev–Trinajstić information content (AvgIpc) is 3.09. The zero-order chi connectivity index (χ0) is 20.8. The second-order valence-electron chi connectivity index (χ2n) is 5.97. The van der Waals surface area contributed by atoms with E-state index >= 15 is 0 Å². The maximum absolute atomic E-state index is 13.0. The van der Waals surface area contributed by atoms with E-state index in [-0.39, 0.29) is 5.89 Å². The fourth-order valence-electron chi connectivity index (χ4n) is 2.62. The van der Waals surface area contributed by atoms with E-state index in [4.69, 9.17) is 9.15 Å². The summed E-state index contributed by atoms with van der Waals surface area (Å²) in [5, 5.41) is 3.96. The van der Waals surface area contributed by atoms with Gasteiger partial charge in [0.05, 0.1) is 0 Å². The van der Waals surface area contributed by atoms with Crippen LogP contribution in [0.2, 0.25) is 0 Å². The molecule has 0 fully saturated rings. The van der Waals surface area contributed by atoms with Gasteiger partial charge < -0.3 is 14.1 Å². The summed E-state index contributed by atoms with van der Waals surface area (Å²) in [5.74, 6) is -2.45. The third kappa shape index (κ3) is 4.95. The van der Waals surface area contributed by atoms with Gasteiger partial charge in [0, 0.05) is 17.8 Å². The molecule has 0 radical (unpaired) electrons. The number of ether oxygens (including phenoxy) is 1. The Morgan fingerprint density at radius 2 is 1.83 bits per heavy atom. The van der Waals surface area contributed by atoms with Gasteiger partial charge in [-0.25, -0.2) is 9.18 Å². The molecule has 0 aliphatic heterocycles. The van der Waals surface area contributed by atoms with Crippen molar-refractivity contribution in [2.24, 2.45) is 0 Å². The van der Waals surface area contributed by atoms with Gasteiger partial charge in [0.15, 0.2) is 6.61 Å². The maximum Gasteiger partial charge on any atom is 0.437 e. The molecule has 0 saturated heterocycles. The first-order valence-corrected chi connectivity index (χ1v) is 8.83. The number of amides is 1. The quantitative estimate of drug-likeness (QED) is 0.566. The van der Waals surface area contributed by atoms with Crippen molar-refractivity contribution in [3.63, 3.8) is 0 Å². The van der Waals surface area contributed by atoms with E-state index in [9.17, 15) is 18.8 Å². The highest BCUT2D eigenvalue weighted by Crippen LogP contribution is 2.15. The third-order valence-corrected chi connectivity index (χ3v) is 4.02. The second-order valence-corrected chi connectivity index (χ2v) is 5.97. The van der Waals surface area contributed by atoms with Gasteiger partial charge >= 0.3 is 11.7 Å². The number of nitrogens with zero attached hydrogens (tertiary/aromatic N) is 3. The van der Waals surface area contributed by atoms with Gasteiger partial charge in [0.25, 0.3) is 5.91 Å². The maximum atomic E-state index is 13.0. The van der Waals surface area contributed by atoms with Crippen LogP contribution in [0.15, 0.2) is 63.8 Å². The van der Waals surface area contributed by atoms with Crippen LogP contribution >= 0.6 is 0 Å². The van der Waals surface area contributed by atoms with Crippen molar-refractivity contribution in [3.8, 4) is 11.5 Å². The summed E-state index contributed by atoms with van der Waals surface area (Å²) in [7, 11) is 0. The largest absolute Gasteiger partial charge is 0.454 e. The molecule has 1 heterocycles. The van der Waals surface area contributed by atoms with Gasteiger partial charge in [-0.3, -0.25) is 9.59 Å². The third-order valence-electron chi connectivity index (χ3n) is 4.02. The Kier molecular flexibility index (Phi) is 6.18. The predicted octanol–water partition coefficient (Wildman–Crippen LogP) is 2.24. The highest BCUT2D eigenvalue weighted by molar-refractivity contribution is 5.95. The topological polar surface area (TPSA) is 94.6 Å². The molecule has 1 aromatic heterocycles. The van der Waals surface area contributed by atoms with Crippen molar-refractivity contribution in [1.82, 2.24) is 9.78 Å². The number of esters is 1. The number of hydrogen-bond donors (Lipinski definition) is 0. The molecule has 1 amide bonds. The molecule has 0 saturated carbocycles. The van der Waals surface area contributed by atoms with Gasteiger partial charge in [0.1, 0.15) is 12.4 Å². The standard InChI is InChI=1S/C20H18FN3O5/c1-2-23(16-10-8-15(21)9-11-16)17(25)13-28-18(26)12-24-20(27)29-19(22-24)14-6-4-3-5-7-14/h3-11H,2,12-13H2,1H3. The van der Waals surface area contributed by atoms with E-state index in [2.05, 4.69) is 5.10 Å². The lowest BCUT2D eigenvalue weighted by Gasteiger charge is -2.20. The average molecular weight is 399 g/mol. The van der Waals surface area contributed by atoms with Gasteiger partial charge in [-0.1, -0.05) is 18.2 Å². The molecule has 0 aliphatic rings. The summed E-state index contributed by atoms with van der Waals surface area (Å²) in [5.41, 5.74) is 1.07. The zero-order valence-corrected chi connectivity index (χ0v) is 15.6. The van der Waals surface area contributed by atoms with E-state index in [0.29, 0.717) is 17.8 Å². The van der Waals surface area contributed by atoms with Crippen molar-refractivity contribution >= 4 is 17.6 Å². The molecular weight excluding hydrogens is 381 g/mol. The molecule has 0 bridgehead atoms. The Morgan fingerprint density at radius 1 is 1.14 bits per heavy atom. The highest BCUT2D eigenvalue weighted by Gasteiger charge is 2.18. The first-order chi connectivity index (χ1) is 14.0. The number of aromatic nitrogens is 2. The summed E-state index contributed by atoms with van der Waals surface area (Å²) in [4.78, 5) is 37.6. The lowest BCUT2D eigenvalue weighted by Crippen LogP contribution is -2.35. The summed E-state index contributed by atoms with van der Waals surface area (Å²) in [6.07, 6.45) is 0. The Labute approximate surface area is 165 Å². The Morgan fingerprint density at radius 3 is 2.48 bits per heavy atom. The van der Waals surface area contributed by atoms with Crippen LogP contribution in [0.25, 0.3) is 11.5 Å². The number of anilines is 1. The van der Waals surface area contributed by atoms with Crippen molar-refractivity contribution in [3.05, 3.63) is 71.0 Å². The lowest BCUT2D eigenvalue weighted by molar-refractivity contribution is -0.148. The summed E-state index contributed by atoms with van der Waals surface area (Å²) >= 11 is 0. The van der Waals surface area contributed by atoms with Crippen molar-refractivity contribution in [2.45, 2.75) is 13.5 Å². The normalized spacial score (nSPS) is 10.6. The fraction of sp³-hybridized carbons (Fsp3) is 0.200. The van der Waals surface area contributed by atoms with Gasteiger partial charge in [-0.15, -0.1) is 5.10 Å². The molecule has 0 spiro atoms. The van der Waals surface area contributed by atoms with Gasteiger partial charge in [-0.05, 0) is 43.3 Å². The number of carbonyl (C=O) groups is 2. The number of carbonyl (C=O) groups excluding carboxylic acids is 2. The van der Waals surface area contributed by atoms with Crippen molar-refractivity contribution < 1.29 is 23.1 Å². The molecule has 8 nitrogen and oxygen atoms in total. The molecule has 0 aliphatic carbocycles. The fourth-order valence-corrected chi connectivity index (χ4v) is 2.62. The molecule has 0 N–H and O–H groups in total. The van der Waals surface area contributed by atoms with Crippen molar-refractivity contribution in [2.75, 3.05) is 18.1 Å². The Balaban J connectivity index is 1.59. The molecule has 3 rings (SSSR count). The minimum Gasteiger partial charge on any atom is -0.454 e. The van der Waals surface area contributed by atoms with Crippen LogP contribution < -0.4 is 10.7 Å². The lowest BCUT2D eigenvalue weighted by atomic mass is 10.2. The van der Waals surface area contributed by atoms with Gasteiger partial charge in [0.2, 0.25) is 5.89 Å². The number of rotatable bonds is 7. The number of benzene rings is 2. The Hall–Kier alpha value is -3.75. The van der Waals surface area contributed by atoms with E-state index in [1.807, 2.05) is 0 Å². The molecule has 3 aromatic rings. The SMILES string of the molecule is CCN(C(=O)COC(=O)Cn1nc(-c2ccccc2)oc1=O)c1ccc(F)cc1. The predicted molar refractivity (Wildman–Crippen MR) is 102 cm³/mol. The van der Waals surface area contributed by atoms with Crippen LogP contribution in [0.4, 0.5) is 10.1 Å². The molecule has 150 valence electrons. The van der Waals surface area contributed by atoms with Crippen LogP contribution in [0, 0.1) is 5.82 Å². The highest BCUT2D eigenvalue weighted by atomic mass is 19.1. The first-order valence-electron chi connectivity index (χ1n) is 8.83. The second kappa shape index (κ2) is 8.96. The molecule has 0 atom stereocenters. The Bertz CT molecular complexity index is 1040. The minimum absolute atomic E-state index is 0.0768. The monoisotopic (exact) mass is 399 g/mol. The van der Waals surface area contributed by atoms with Crippen LogP contribution in [0.5, 0.6) is 0 Å². The van der Waals surface area contributed by atoms with Crippen LogP contribution in [-0.4, -0.2) is 34.8 Å². The summed E-state index contributed by atoms with van der Waals surface area (Å²) < 4.78 is 23.9. The van der Waals surface area contributed by atoms with Crippen LogP contribution in [0.1, 0.15) is 6.92 Å². The number of halogens is 1. The molecular formula is C20H18FN3O5. The number of likely N-dealkylation sites (N-methyl/N-ethyl adjacent to an activating group) is 1. The van der Waals surface area contributed by atoms with Gasteiger partial charge in [-0.2, -0.15) is 4.68 Å². The number of hydrogen-bond acceptors (Lipinski definition) is 6. The molecule has 29 heavy (non-hydrogen) atoms. The zero-order valence-electron chi connectivity index (χ0n) is 15.6. The van der Waals surface area contributed by atoms with Crippen LogP contribution in [-0.2, 0) is 20.9 Å². The molecule has 9 heteroatoms. The molecule has 2 aromatic carbocycles. The van der Waals surface area contributed by atoms with E-state index in [0.717, 1.165) is 4.68 Å². The molecule has 0 unspecified atom stereocenters. The van der Waals surface area contributed by atoms with E-state index in [1.165, 1.54) is 29.2 Å². The van der Waals surface area contributed by atoms with Crippen molar-refractivity contribution in [1.29, 1.82) is 0 Å². The van der Waals surface area contributed by atoms with E-state index < -0.39 is 36.6 Å². The summed E-state index contributed by atoms with van der Waals surface area (Å²) in [6, 6.07) is 14.1. The summed E-state index contributed by atoms with van der Waals surface area (Å²) in [6.45, 7) is 1.03. The minimum atomic E-state index is -0.816. The first kappa shape index (κ1) is 20.0. The van der Waals surface area contributed by atoms with Crippen LogP contribution in [0.3, 0.4) is 0 Å². The van der Waals surface area contributed by atoms with E-state index in [1.54, 1.807) is 37.3 Å². The smallest absolute Gasteiger partial charge is 0.437 e.